The molecule has 8 heteroatoms. The average Bonchev–Trinajstić information content (AvgIpc) is 3.25. The number of aliphatic hydroxyl groups is 1. The van der Waals surface area contributed by atoms with Gasteiger partial charge in [0.2, 0.25) is 11.8 Å². The molecule has 0 unspecified atom stereocenters. The van der Waals surface area contributed by atoms with Gasteiger partial charge in [0.1, 0.15) is 5.75 Å². The van der Waals surface area contributed by atoms with Crippen LogP contribution in [-0.2, 0) is 19.1 Å². The Morgan fingerprint density at radius 1 is 1.11 bits per heavy atom. The van der Waals surface area contributed by atoms with Gasteiger partial charge in [0.05, 0.1) is 17.9 Å². The molecule has 0 radical (unpaired) electrons. The Labute approximate surface area is 206 Å². The van der Waals surface area contributed by atoms with Crippen LogP contribution in [0.3, 0.4) is 0 Å². The lowest BCUT2D eigenvalue weighted by Gasteiger charge is -2.46. The van der Waals surface area contributed by atoms with Crippen molar-refractivity contribution in [2.75, 3.05) is 6.54 Å². The number of benzene rings is 1. The van der Waals surface area contributed by atoms with E-state index in [2.05, 4.69) is 0 Å². The first-order valence-corrected chi connectivity index (χ1v) is 12.7. The molecule has 0 spiro atoms. The number of aromatic hydroxyl groups is 1. The number of carboxylic acid groups (broad SMARTS) is 1. The molecule has 2 aliphatic heterocycles. The van der Waals surface area contributed by atoms with Crippen LogP contribution in [0.5, 0.6) is 5.75 Å². The number of phenolic OH excluding ortho intramolecular Hbond substituents is 1. The van der Waals surface area contributed by atoms with Gasteiger partial charge in [0.25, 0.3) is 0 Å². The molecule has 3 aliphatic rings. The van der Waals surface area contributed by atoms with Crippen molar-refractivity contribution in [3.63, 3.8) is 0 Å². The Kier molecular flexibility index (Phi) is 6.99. The molecule has 1 saturated carbocycles. The van der Waals surface area contributed by atoms with E-state index < -0.39 is 35.6 Å². The van der Waals surface area contributed by atoms with E-state index in [-0.39, 0.29) is 42.4 Å². The second kappa shape index (κ2) is 9.54. The number of carbonyl (C=O) groups is 3. The monoisotopic (exact) mass is 487 g/mol. The van der Waals surface area contributed by atoms with Crippen molar-refractivity contribution < 1.29 is 34.4 Å². The number of nitrogens with zero attached hydrogens (tertiary/aromatic N) is 1. The second-order valence-corrected chi connectivity index (χ2v) is 11.0. The van der Waals surface area contributed by atoms with Gasteiger partial charge in [-0.05, 0) is 74.3 Å². The summed E-state index contributed by atoms with van der Waals surface area (Å²) in [5, 5.41) is 30.9. The molecule has 192 valence electrons. The molecule has 1 aromatic carbocycles. The zero-order chi connectivity index (χ0) is 25.7. The molecule has 2 amide bonds. The number of ether oxygens (including phenoxy) is 1. The number of carbonyl (C=O) groups excluding carboxylic acids is 2. The number of phenols is 1. The van der Waals surface area contributed by atoms with Gasteiger partial charge >= 0.3 is 5.97 Å². The molecule has 1 aliphatic carbocycles. The number of imide groups is 1. The molecule has 8 nitrogen and oxygen atoms in total. The summed E-state index contributed by atoms with van der Waals surface area (Å²) in [6.45, 7) is 7.94. The fourth-order valence-electron chi connectivity index (χ4n) is 6.56. The maximum atomic E-state index is 13.5. The molecule has 0 bridgehead atoms. The quantitative estimate of drug-likeness (QED) is 0.377. The summed E-state index contributed by atoms with van der Waals surface area (Å²) in [4.78, 5) is 38.9. The van der Waals surface area contributed by atoms with Crippen LogP contribution in [0.2, 0.25) is 0 Å². The number of aliphatic carboxylic acids is 1. The highest BCUT2D eigenvalue weighted by atomic mass is 16.6. The van der Waals surface area contributed by atoms with E-state index in [9.17, 15) is 24.6 Å². The highest BCUT2D eigenvalue weighted by Gasteiger charge is 2.66. The van der Waals surface area contributed by atoms with E-state index >= 15 is 0 Å². The molecule has 4 rings (SSSR count). The van der Waals surface area contributed by atoms with Crippen LogP contribution in [-0.4, -0.2) is 50.3 Å². The van der Waals surface area contributed by atoms with Crippen LogP contribution < -0.4 is 0 Å². The molecule has 3 N–H and O–H groups in total. The van der Waals surface area contributed by atoms with Gasteiger partial charge in [-0.15, -0.1) is 0 Å². The molecular formula is C27H37NO7. The summed E-state index contributed by atoms with van der Waals surface area (Å²) in [7, 11) is 0. The summed E-state index contributed by atoms with van der Waals surface area (Å²) in [6, 6.07) is 3.72. The standard InChI is InChI=1S/C27H37NO7/c1-14(2)19-12-18-23(26(33)28(25(18)32)9-7-5-6-8-22(29)30)20-13-21(35-27(19,20)34)17-10-15(3)24(31)16(4)11-17/h10-11,14,18-21,23,31,34H,5-9,12-13H2,1-4H3,(H,29,30)/t18-,19+,20-,21-,23-,27+/m0/s1. The van der Waals surface area contributed by atoms with Crippen molar-refractivity contribution in [2.24, 2.45) is 29.6 Å². The Bertz CT molecular complexity index is 998. The Hall–Kier alpha value is -2.45. The Morgan fingerprint density at radius 3 is 2.37 bits per heavy atom. The average molecular weight is 488 g/mol. The van der Waals surface area contributed by atoms with Gasteiger partial charge < -0.3 is 20.1 Å². The molecule has 0 aromatic heterocycles. The second-order valence-electron chi connectivity index (χ2n) is 11.0. The first-order chi connectivity index (χ1) is 16.5. The van der Waals surface area contributed by atoms with E-state index in [1.54, 1.807) is 0 Å². The zero-order valence-electron chi connectivity index (χ0n) is 21.0. The number of hydrogen-bond acceptors (Lipinski definition) is 6. The summed E-state index contributed by atoms with van der Waals surface area (Å²) >= 11 is 0. The van der Waals surface area contributed by atoms with E-state index in [0.717, 1.165) is 16.7 Å². The van der Waals surface area contributed by atoms with E-state index in [0.29, 0.717) is 32.1 Å². The number of fused-ring (bicyclic) bond motifs is 3. The lowest BCUT2D eigenvalue weighted by molar-refractivity contribution is -0.276. The lowest BCUT2D eigenvalue weighted by Crippen LogP contribution is -2.55. The topological polar surface area (TPSA) is 124 Å². The van der Waals surface area contributed by atoms with Gasteiger partial charge in [-0.3, -0.25) is 19.3 Å². The first kappa shape index (κ1) is 25.6. The fraction of sp³-hybridized carbons (Fsp3) is 0.667. The number of carboxylic acids is 1. The molecule has 2 heterocycles. The van der Waals surface area contributed by atoms with E-state index in [1.807, 2.05) is 39.8 Å². The number of likely N-dealkylation sites (tertiary alicyclic amines) is 1. The zero-order valence-corrected chi connectivity index (χ0v) is 21.0. The van der Waals surface area contributed by atoms with Crippen molar-refractivity contribution in [3.8, 4) is 5.75 Å². The first-order valence-electron chi connectivity index (χ1n) is 12.7. The van der Waals surface area contributed by atoms with E-state index in [1.165, 1.54) is 4.90 Å². The number of aryl methyl sites for hydroxylation is 2. The number of amides is 2. The normalized spacial score (nSPS) is 32.3. The van der Waals surface area contributed by atoms with Crippen molar-refractivity contribution in [1.82, 2.24) is 4.90 Å². The molecule has 2 saturated heterocycles. The van der Waals surface area contributed by atoms with Crippen molar-refractivity contribution >= 4 is 17.8 Å². The largest absolute Gasteiger partial charge is 0.507 e. The highest BCUT2D eigenvalue weighted by molar-refractivity contribution is 6.05. The van der Waals surface area contributed by atoms with Crippen LogP contribution >= 0.6 is 0 Å². The fourth-order valence-corrected chi connectivity index (χ4v) is 6.56. The van der Waals surface area contributed by atoms with Crippen LogP contribution in [0.25, 0.3) is 0 Å². The number of unbranched alkanes of at least 4 members (excludes halogenated alkanes) is 2. The SMILES string of the molecule is Cc1cc([C@@H]2C[C@H]3[C@H]4C(=O)N(CCCCCC(=O)O)C(=O)[C@H]4C[C@H](C(C)C)[C@@]3(O)O2)cc(C)c1O. The third-order valence-corrected chi connectivity index (χ3v) is 8.33. The number of rotatable bonds is 8. The minimum atomic E-state index is -1.51. The summed E-state index contributed by atoms with van der Waals surface area (Å²) in [6.07, 6.45) is 2.18. The van der Waals surface area contributed by atoms with Crippen molar-refractivity contribution in [3.05, 3.63) is 28.8 Å². The molecule has 6 atom stereocenters. The van der Waals surface area contributed by atoms with Gasteiger partial charge in [-0.1, -0.05) is 20.3 Å². The number of hydrogen-bond donors (Lipinski definition) is 3. The molecule has 3 fully saturated rings. The maximum absolute atomic E-state index is 13.5. The van der Waals surface area contributed by atoms with Gasteiger partial charge in [-0.2, -0.15) is 0 Å². The van der Waals surface area contributed by atoms with E-state index in [4.69, 9.17) is 9.84 Å². The third-order valence-electron chi connectivity index (χ3n) is 8.33. The molecule has 35 heavy (non-hydrogen) atoms. The predicted molar refractivity (Wildman–Crippen MR) is 127 cm³/mol. The van der Waals surface area contributed by atoms with Crippen molar-refractivity contribution in [2.45, 2.75) is 78.1 Å². The third kappa shape index (κ3) is 4.47. The molecular weight excluding hydrogens is 450 g/mol. The molecule has 1 aromatic rings. The van der Waals surface area contributed by atoms with Gasteiger partial charge in [0, 0.05) is 24.8 Å². The minimum absolute atomic E-state index is 0.0541. The van der Waals surface area contributed by atoms with Crippen LogP contribution in [0, 0.1) is 43.4 Å². The minimum Gasteiger partial charge on any atom is -0.507 e. The summed E-state index contributed by atoms with van der Waals surface area (Å²) in [5.41, 5.74) is 2.31. The lowest BCUT2D eigenvalue weighted by atomic mass is 9.62. The summed E-state index contributed by atoms with van der Waals surface area (Å²) < 4.78 is 6.36. The summed E-state index contributed by atoms with van der Waals surface area (Å²) in [5.74, 6) is -4.36. The predicted octanol–water partition coefficient (Wildman–Crippen LogP) is 3.70. The van der Waals surface area contributed by atoms with Crippen LogP contribution in [0.4, 0.5) is 0 Å². The van der Waals surface area contributed by atoms with Crippen molar-refractivity contribution in [1.29, 1.82) is 0 Å². The smallest absolute Gasteiger partial charge is 0.303 e. The van der Waals surface area contributed by atoms with Gasteiger partial charge in [-0.25, -0.2) is 0 Å². The Morgan fingerprint density at radius 2 is 1.77 bits per heavy atom. The highest BCUT2D eigenvalue weighted by Crippen LogP contribution is 2.59. The maximum Gasteiger partial charge on any atom is 0.303 e. The Balaban J connectivity index is 1.58. The van der Waals surface area contributed by atoms with Gasteiger partial charge in [0.15, 0.2) is 5.79 Å². The van der Waals surface area contributed by atoms with Crippen LogP contribution in [0.15, 0.2) is 12.1 Å². The van der Waals surface area contributed by atoms with Crippen LogP contribution in [0.1, 0.15) is 75.2 Å².